The van der Waals surface area contributed by atoms with Gasteiger partial charge >= 0.3 is 0 Å². The largest absolute Gasteiger partial charge is 0.311 e. The number of hydrogen-bond donors (Lipinski definition) is 1. The summed E-state index contributed by atoms with van der Waals surface area (Å²) in [4.78, 5) is 15.4. The van der Waals surface area contributed by atoms with Gasteiger partial charge in [0.05, 0.1) is 5.75 Å². The molecule has 0 saturated heterocycles. The van der Waals surface area contributed by atoms with E-state index in [2.05, 4.69) is 10.3 Å². The maximum atomic E-state index is 11.4. The summed E-state index contributed by atoms with van der Waals surface area (Å²) in [6, 6.07) is 5.24. The van der Waals surface area contributed by atoms with Crippen LogP contribution < -0.4 is 5.32 Å². The minimum Gasteiger partial charge on any atom is -0.311 e. The number of sulfone groups is 1. The lowest BCUT2D eigenvalue weighted by Gasteiger charge is -2.04. The highest BCUT2D eigenvalue weighted by molar-refractivity contribution is 7.90. The molecule has 0 atom stereocenters. The van der Waals surface area contributed by atoms with E-state index in [4.69, 9.17) is 0 Å². The molecule has 0 aliphatic heterocycles. The van der Waals surface area contributed by atoms with Crippen LogP contribution >= 0.6 is 0 Å². The molecule has 0 aliphatic carbocycles. The normalized spacial score (nSPS) is 11.1. The Bertz CT molecular complexity index is 483. The Labute approximate surface area is 94.8 Å². The molecule has 16 heavy (non-hydrogen) atoms. The summed E-state index contributed by atoms with van der Waals surface area (Å²) in [5.74, 6) is -0.0491. The van der Waals surface area contributed by atoms with Crippen LogP contribution in [-0.4, -0.2) is 31.3 Å². The number of carbonyl (C=O) groups is 1. The van der Waals surface area contributed by atoms with Crippen molar-refractivity contribution in [2.75, 3.05) is 17.3 Å². The zero-order valence-electron chi connectivity index (χ0n) is 9.23. The van der Waals surface area contributed by atoms with E-state index >= 15 is 0 Å². The Morgan fingerprint density at radius 1 is 1.44 bits per heavy atom. The summed E-state index contributed by atoms with van der Waals surface area (Å²) in [5.41, 5.74) is 0.793. The van der Waals surface area contributed by atoms with E-state index in [1.807, 2.05) is 13.0 Å². The lowest BCUT2D eigenvalue weighted by molar-refractivity contribution is -0.115. The predicted molar refractivity (Wildman–Crippen MR) is 61.9 cm³/mol. The molecule has 1 heterocycles. The summed E-state index contributed by atoms with van der Waals surface area (Å²) in [7, 11) is -3.10. The molecular weight excluding hydrogens is 228 g/mol. The summed E-state index contributed by atoms with van der Waals surface area (Å²) >= 11 is 0. The Morgan fingerprint density at radius 2 is 2.12 bits per heavy atom. The standard InChI is InChI=1S/C10H14N2O3S/c1-8-4-3-5-9(11-8)12-10(13)6-7-16(2,14)15/h3-5H,6-7H2,1-2H3,(H,11,12,13). The summed E-state index contributed by atoms with van der Waals surface area (Å²) in [5, 5.41) is 2.54. The number of aromatic nitrogens is 1. The number of pyridine rings is 1. The van der Waals surface area contributed by atoms with Gasteiger partial charge in [0.25, 0.3) is 0 Å². The van der Waals surface area contributed by atoms with Crippen LogP contribution in [0.2, 0.25) is 0 Å². The molecule has 0 unspecified atom stereocenters. The first kappa shape index (κ1) is 12.6. The monoisotopic (exact) mass is 242 g/mol. The fourth-order valence-corrected chi connectivity index (χ4v) is 1.65. The molecule has 0 bridgehead atoms. The number of hydrogen-bond acceptors (Lipinski definition) is 4. The molecule has 1 N–H and O–H groups in total. The maximum absolute atomic E-state index is 11.4. The first-order valence-corrected chi connectivity index (χ1v) is 6.84. The number of aryl methyl sites for hydroxylation is 1. The van der Waals surface area contributed by atoms with Crippen LogP contribution in [0.4, 0.5) is 5.82 Å². The second-order valence-electron chi connectivity index (χ2n) is 3.59. The SMILES string of the molecule is Cc1cccc(NC(=O)CCS(C)(=O)=O)n1. The molecule has 6 heteroatoms. The molecule has 0 saturated carbocycles. The number of carbonyl (C=O) groups excluding carboxylic acids is 1. The highest BCUT2D eigenvalue weighted by Crippen LogP contribution is 2.04. The van der Waals surface area contributed by atoms with Crippen LogP contribution in [0, 0.1) is 6.92 Å². The van der Waals surface area contributed by atoms with Gasteiger partial charge in [-0.15, -0.1) is 0 Å². The van der Waals surface area contributed by atoms with Gasteiger partial charge in [0.2, 0.25) is 5.91 Å². The van der Waals surface area contributed by atoms with Gasteiger partial charge in [-0.05, 0) is 19.1 Å². The predicted octanol–water partition coefficient (Wildman–Crippen LogP) is 0.763. The van der Waals surface area contributed by atoms with Gasteiger partial charge in [0.1, 0.15) is 15.7 Å². The van der Waals surface area contributed by atoms with Gasteiger partial charge in [-0.1, -0.05) is 6.07 Å². The van der Waals surface area contributed by atoms with Crippen LogP contribution in [0.15, 0.2) is 18.2 Å². The lowest BCUT2D eigenvalue weighted by atomic mass is 10.3. The number of nitrogens with zero attached hydrogens (tertiary/aromatic N) is 1. The Kier molecular flexibility index (Phi) is 4.00. The third-order valence-corrected chi connectivity index (χ3v) is 2.80. The molecule has 1 aromatic rings. The summed E-state index contributed by atoms with van der Waals surface area (Å²) < 4.78 is 21.7. The van der Waals surface area contributed by atoms with E-state index < -0.39 is 9.84 Å². The minimum absolute atomic E-state index is 0.0472. The second-order valence-corrected chi connectivity index (χ2v) is 5.85. The fraction of sp³-hybridized carbons (Fsp3) is 0.400. The zero-order chi connectivity index (χ0) is 12.2. The van der Waals surface area contributed by atoms with Crippen LogP contribution in [0.1, 0.15) is 12.1 Å². The van der Waals surface area contributed by atoms with E-state index in [-0.39, 0.29) is 18.1 Å². The van der Waals surface area contributed by atoms with Crippen molar-refractivity contribution in [1.82, 2.24) is 4.98 Å². The average molecular weight is 242 g/mol. The molecular formula is C10H14N2O3S. The van der Waals surface area contributed by atoms with Crippen LogP contribution in [0.5, 0.6) is 0 Å². The molecule has 1 amide bonds. The molecule has 5 nitrogen and oxygen atoms in total. The Hall–Kier alpha value is -1.43. The van der Waals surface area contributed by atoms with E-state index in [0.29, 0.717) is 5.82 Å². The summed E-state index contributed by atoms with van der Waals surface area (Å²) in [6.07, 6.45) is 1.06. The molecule has 0 fully saturated rings. The van der Waals surface area contributed by atoms with Gasteiger partial charge < -0.3 is 5.32 Å². The van der Waals surface area contributed by atoms with Crippen molar-refractivity contribution in [3.63, 3.8) is 0 Å². The average Bonchev–Trinajstić information content (AvgIpc) is 2.14. The molecule has 1 aromatic heterocycles. The van der Waals surface area contributed by atoms with Gasteiger partial charge in [0.15, 0.2) is 0 Å². The number of nitrogens with one attached hydrogen (secondary N) is 1. The number of anilines is 1. The highest BCUT2D eigenvalue weighted by atomic mass is 32.2. The van der Waals surface area contributed by atoms with Crippen LogP contribution in [0.25, 0.3) is 0 Å². The van der Waals surface area contributed by atoms with Crippen molar-refractivity contribution in [1.29, 1.82) is 0 Å². The van der Waals surface area contributed by atoms with Crippen molar-refractivity contribution >= 4 is 21.6 Å². The quantitative estimate of drug-likeness (QED) is 0.845. The zero-order valence-corrected chi connectivity index (χ0v) is 10.0. The van der Waals surface area contributed by atoms with Gasteiger partial charge in [-0.2, -0.15) is 0 Å². The summed E-state index contributed by atoms with van der Waals surface area (Å²) in [6.45, 7) is 1.81. The topological polar surface area (TPSA) is 76.1 Å². The molecule has 1 rings (SSSR count). The second kappa shape index (κ2) is 5.07. The molecule has 0 spiro atoms. The van der Waals surface area contributed by atoms with E-state index in [0.717, 1.165) is 11.9 Å². The minimum atomic E-state index is -3.10. The van der Waals surface area contributed by atoms with E-state index in [1.54, 1.807) is 12.1 Å². The first-order chi connectivity index (χ1) is 7.37. The third-order valence-electron chi connectivity index (χ3n) is 1.86. The van der Waals surface area contributed by atoms with Crippen molar-refractivity contribution in [3.05, 3.63) is 23.9 Å². The van der Waals surface area contributed by atoms with Gasteiger partial charge in [-0.3, -0.25) is 4.79 Å². The van der Waals surface area contributed by atoms with Crippen LogP contribution in [-0.2, 0) is 14.6 Å². The Morgan fingerprint density at radius 3 is 2.69 bits per heavy atom. The smallest absolute Gasteiger partial charge is 0.226 e. The third kappa shape index (κ3) is 4.88. The Balaban J connectivity index is 2.52. The first-order valence-electron chi connectivity index (χ1n) is 4.78. The van der Waals surface area contributed by atoms with Crippen molar-refractivity contribution in [3.8, 4) is 0 Å². The van der Waals surface area contributed by atoms with Gasteiger partial charge in [0, 0.05) is 18.4 Å². The fourth-order valence-electron chi connectivity index (χ4n) is 1.10. The maximum Gasteiger partial charge on any atom is 0.226 e. The highest BCUT2D eigenvalue weighted by Gasteiger charge is 2.08. The van der Waals surface area contributed by atoms with Gasteiger partial charge in [-0.25, -0.2) is 13.4 Å². The molecule has 0 radical (unpaired) electrons. The van der Waals surface area contributed by atoms with E-state index in [1.165, 1.54) is 0 Å². The van der Waals surface area contributed by atoms with Crippen molar-refractivity contribution in [2.45, 2.75) is 13.3 Å². The molecule has 0 aliphatic rings. The van der Waals surface area contributed by atoms with Crippen molar-refractivity contribution in [2.24, 2.45) is 0 Å². The molecule has 88 valence electrons. The molecule has 0 aromatic carbocycles. The van der Waals surface area contributed by atoms with Crippen molar-refractivity contribution < 1.29 is 13.2 Å². The lowest BCUT2D eigenvalue weighted by Crippen LogP contribution is -2.17. The number of rotatable bonds is 4. The number of amides is 1. The van der Waals surface area contributed by atoms with E-state index in [9.17, 15) is 13.2 Å². The van der Waals surface area contributed by atoms with Crippen LogP contribution in [0.3, 0.4) is 0 Å².